The lowest BCUT2D eigenvalue weighted by molar-refractivity contribution is -0.137. The molecule has 0 aliphatic carbocycles. The van der Waals surface area contributed by atoms with Gasteiger partial charge in [-0.2, -0.15) is 13.2 Å². The van der Waals surface area contributed by atoms with E-state index in [2.05, 4.69) is 15.9 Å². The fourth-order valence-electron chi connectivity index (χ4n) is 1.51. The maximum atomic E-state index is 12.8. The lowest BCUT2D eigenvalue weighted by atomic mass is 10.00. The largest absolute Gasteiger partial charge is 0.417 e. The third-order valence-corrected chi connectivity index (χ3v) is 3.17. The van der Waals surface area contributed by atoms with Gasteiger partial charge in [-0.05, 0) is 31.0 Å². The Morgan fingerprint density at radius 1 is 1.28 bits per heavy atom. The van der Waals surface area contributed by atoms with E-state index in [0.717, 1.165) is 23.9 Å². The molecule has 0 spiro atoms. The second-order valence-corrected chi connectivity index (χ2v) is 4.99. The van der Waals surface area contributed by atoms with Crippen molar-refractivity contribution < 1.29 is 18.0 Å². The summed E-state index contributed by atoms with van der Waals surface area (Å²) in [6, 6.07) is 3.23. The van der Waals surface area contributed by atoms with Gasteiger partial charge in [0, 0.05) is 22.3 Å². The van der Waals surface area contributed by atoms with Gasteiger partial charge in [-0.1, -0.05) is 27.5 Å². The number of carbonyl (C=O) groups is 1. The van der Waals surface area contributed by atoms with Crippen LogP contribution in [-0.2, 0) is 6.18 Å². The molecule has 100 valence electrons. The Morgan fingerprint density at radius 2 is 1.94 bits per heavy atom. The fourth-order valence-corrected chi connectivity index (χ4v) is 2.08. The zero-order valence-electron chi connectivity index (χ0n) is 9.36. The molecule has 0 aliphatic rings. The molecule has 0 N–H and O–H groups in total. The van der Waals surface area contributed by atoms with Crippen molar-refractivity contribution >= 4 is 33.3 Å². The van der Waals surface area contributed by atoms with Crippen LogP contribution in [0.2, 0.25) is 5.02 Å². The second-order valence-electron chi connectivity index (χ2n) is 3.76. The lowest BCUT2D eigenvalue weighted by Gasteiger charge is -2.12. The lowest BCUT2D eigenvalue weighted by Crippen LogP contribution is -2.13. The number of benzene rings is 1. The minimum atomic E-state index is -4.56. The van der Waals surface area contributed by atoms with Crippen LogP contribution in [0.3, 0.4) is 0 Å². The molecular weight excluding hydrogens is 332 g/mol. The summed E-state index contributed by atoms with van der Waals surface area (Å²) in [5.74, 6) is -0.500. The van der Waals surface area contributed by atoms with Crippen LogP contribution in [0, 0.1) is 0 Å². The molecule has 0 bridgehead atoms. The van der Waals surface area contributed by atoms with E-state index in [1.54, 1.807) is 0 Å². The standard InChI is InChI=1S/C12H11BrClF3O/c13-6-2-1-3-11(18)9-5-4-8(14)7-10(9)12(15,16)17/h4-5,7H,1-3,6H2. The Balaban J connectivity index is 2.97. The van der Waals surface area contributed by atoms with E-state index in [9.17, 15) is 18.0 Å². The second kappa shape index (κ2) is 6.57. The number of hydrogen-bond donors (Lipinski definition) is 0. The summed E-state index contributed by atoms with van der Waals surface area (Å²) in [6.07, 6.45) is -3.15. The summed E-state index contributed by atoms with van der Waals surface area (Å²) in [5.41, 5.74) is -1.26. The van der Waals surface area contributed by atoms with Gasteiger partial charge in [-0.3, -0.25) is 4.79 Å². The summed E-state index contributed by atoms with van der Waals surface area (Å²) in [6.45, 7) is 0. The number of hydrogen-bond acceptors (Lipinski definition) is 1. The molecule has 1 aromatic rings. The van der Waals surface area contributed by atoms with Gasteiger partial charge in [0.05, 0.1) is 5.56 Å². The number of halogens is 5. The molecule has 1 rings (SSSR count). The molecule has 0 atom stereocenters. The van der Waals surface area contributed by atoms with Crippen LogP contribution < -0.4 is 0 Å². The average molecular weight is 344 g/mol. The molecule has 1 nitrogen and oxygen atoms in total. The van der Waals surface area contributed by atoms with Crippen molar-refractivity contribution in [3.05, 3.63) is 34.3 Å². The number of rotatable bonds is 5. The Bertz CT molecular complexity index is 432. The normalized spacial score (nSPS) is 11.6. The van der Waals surface area contributed by atoms with Crippen molar-refractivity contribution in [2.75, 3.05) is 5.33 Å². The Labute approximate surface area is 116 Å². The number of Topliss-reactive ketones (excluding diaryl/α,β-unsaturated/α-hetero) is 1. The number of carbonyl (C=O) groups excluding carboxylic acids is 1. The van der Waals surface area contributed by atoms with Crippen molar-refractivity contribution in [2.24, 2.45) is 0 Å². The molecule has 0 aromatic heterocycles. The Kier molecular flexibility index (Phi) is 5.66. The quantitative estimate of drug-likeness (QED) is 0.413. The SMILES string of the molecule is O=C(CCCCBr)c1ccc(Cl)cc1C(F)(F)F. The Hall–Kier alpha value is -0.550. The summed E-state index contributed by atoms with van der Waals surface area (Å²) in [5, 5.41) is 0.701. The molecule has 6 heteroatoms. The first-order valence-electron chi connectivity index (χ1n) is 5.32. The predicted octanol–water partition coefficient (Wildman–Crippen LogP) is 5.11. The molecule has 0 saturated heterocycles. The van der Waals surface area contributed by atoms with Crippen molar-refractivity contribution in [3.63, 3.8) is 0 Å². The summed E-state index contributed by atoms with van der Waals surface area (Å²) in [4.78, 5) is 11.7. The van der Waals surface area contributed by atoms with Crippen LogP contribution in [0.5, 0.6) is 0 Å². The first kappa shape index (κ1) is 15.5. The van der Waals surface area contributed by atoms with Gasteiger partial charge >= 0.3 is 6.18 Å². The van der Waals surface area contributed by atoms with Crippen LogP contribution in [0.4, 0.5) is 13.2 Å². The maximum absolute atomic E-state index is 12.8. The molecule has 0 heterocycles. The molecule has 0 fully saturated rings. The summed E-state index contributed by atoms with van der Waals surface area (Å²) < 4.78 is 38.3. The van der Waals surface area contributed by atoms with Crippen molar-refractivity contribution in [1.82, 2.24) is 0 Å². The van der Waals surface area contributed by atoms with Gasteiger partial charge in [0.15, 0.2) is 5.78 Å². The highest BCUT2D eigenvalue weighted by molar-refractivity contribution is 9.09. The van der Waals surface area contributed by atoms with Gasteiger partial charge < -0.3 is 0 Å². The number of unbranched alkanes of at least 4 members (excludes halogenated alkanes) is 1. The average Bonchev–Trinajstić information content (AvgIpc) is 2.28. The summed E-state index contributed by atoms with van der Waals surface area (Å²) >= 11 is 8.74. The van der Waals surface area contributed by atoms with E-state index in [0.29, 0.717) is 6.42 Å². The van der Waals surface area contributed by atoms with E-state index < -0.39 is 17.5 Å². The molecule has 0 unspecified atom stereocenters. The third-order valence-electron chi connectivity index (χ3n) is 2.37. The van der Waals surface area contributed by atoms with Crippen LogP contribution in [-0.4, -0.2) is 11.1 Å². The van der Waals surface area contributed by atoms with Gasteiger partial charge in [0.1, 0.15) is 0 Å². The minimum absolute atomic E-state index is 0.0284. The van der Waals surface area contributed by atoms with Crippen LogP contribution in [0.15, 0.2) is 18.2 Å². The van der Waals surface area contributed by atoms with Crippen molar-refractivity contribution in [3.8, 4) is 0 Å². The zero-order valence-corrected chi connectivity index (χ0v) is 11.7. The number of ketones is 1. The highest BCUT2D eigenvalue weighted by Gasteiger charge is 2.35. The topological polar surface area (TPSA) is 17.1 Å². The van der Waals surface area contributed by atoms with Gasteiger partial charge in [0.2, 0.25) is 0 Å². The maximum Gasteiger partial charge on any atom is 0.417 e. The highest BCUT2D eigenvalue weighted by Crippen LogP contribution is 2.34. The van der Waals surface area contributed by atoms with E-state index in [4.69, 9.17) is 11.6 Å². The number of alkyl halides is 4. The van der Waals surface area contributed by atoms with E-state index in [-0.39, 0.29) is 17.0 Å². The third kappa shape index (κ3) is 4.28. The van der Waals surface area contributed by atoms with Crippen molar-refractivity contribution in [1.29, 1.82) is 0 Å². The van der Waals surface area contributed by atoms with Crippen LogP contribution in [0.1, 0.15) is 35.2 Å². The van der Waals surface area contributed by atoms with Crippen molar-refractivity contribution in [2.45, 2.75) is 25.4 Å². The van der Waals surface area contributed by atoms with E-state index in [1.807, 2.05) is 0 Å². The highest BCUT2D eigenvalue weighted by atomic mass is 79.9. The molecule has 0 saturated carbocycles. The molecule has 0 amide bonds. The smallest absolute Gasteiger partial charge is 0.294 e. The predicted molar refractivity (Wildman–Crippen MR) is 68.4 cm³/mol. The van der Waals surface area contributed by atoms with E-state index >= 15 is 0 Å². The summed E-state index contributed by atoms with van der Waals surface area (Å²) in [7, 11) is 0. The Morgan fingerprint density at radius 3 is 2.50 bits per heavy atom. The fraction of sp³-hybridized carbons (Fsp3) is 0.417. The molecule has 1 aromatic carbocycles. The van der Waals surface area contributed by atoms with Crippen LogP contribution in [0.25, 0.3) is 0 Å². The van der Waals surface area contributed by atoms with E-state index in [1.165, 1.54) is 6.07 Å². The zero-order chi connectivity index (χ0) is 13.8. The van der Waals surface area contributed by atoms with Gasteiger partial charge in [-0.15, -0.1) is 0 Å². The molecule has 18 heavy (non-hydrogen) atoms. The van der Waals surface area contributed by atoms with Crippen LogP contribution >= 0.6 is 27.5 Å². The minimum Gasteiger partial charge on any atom is -0.294 e. The molecule has 0 radical (unpaired) electrons. The van der Waals surface area contributed by atoms with Gasteiger partial charge in [-0.25, -0.2) is 0 Å². The molecular formula is C12H11BrClF3O. The van der Waals surface area contributed by atoms with Gasteiger partial charge in [0.25, 0.3) is 0 Å². The first-order chi connectivity index (χ1) is 8.36. The molecule has 0 aliphatic heterocycles. The monoisotopic (exact) mass is 342 g/mol. The first-order valence-corrected chi connectivity index (χ1v) is 6.82.